The maximum Gasteiger partial charge on any atom is 0.118 e. The van der Waals surface area contributed by atoms with Gasteiger partial charge in [0.2, 0.25) is 0 Å². The van der Waals surface area contributed by atoms with E-state index in [0.717, 1.165) is 37.8 Å². The number of nitrogens with two attached hydrogens (primary N) is 1. The van der Waals surface area contributed by atoms with E-state index in [2.05, 4.69) is 4.90 Å². The number of hydrogen-bond acceptors (Lipinski definition) is 4. The highest BCUT2D eigenvalue weighted by Gasteiger charge is 2.20. The van der Waals surface area contributed by atoms with E-state index in [1.54, 1.807) is 7.11 Å². The molecule has 0 aliphatic carbocycles. The van der Waals surface area contributed by atoms with Crippen molar-refractivity contribution in [3.05, 3.63) is 23.7 Å². The van der Waals surface area contributed by atoms with Crippen LogP contribution in [0.4, 0.5) is 0 Å². The molecule has 1 aromatic heterocycles. The van der Waals surface area contributed by atoms with Crippen LogP contribution in [0.5, 0.6) is 0 Å². The zero-order chi connectivity index (χ0) is 12.1. The monoisotopic (exact) mass is 238 g/mol. The predicted molar refractivity (Wildman–Crippen MR) is 66.5 cm³/mol. The summed E-state index contributed by atoms with van der Waals surface area (Å²) >= 11 is 0. The van der Waals surface area contributed by atoms with E-state index >= 15 is 0 Å². The fourth-order valence-corrected chi connectivity index (χ4v) is 2.50. The first kappa shape index (κ1) is 12.6. The molecule has 1 aliphatic rings. The van der Waals surface area contributed by atoms with Crippen molar-refractivity contribution in [2.45, 2.75) is 25.9 Å². The van der Waals surface area contributed by atoms with E-state index in [-0.39, 0.29) is 0 Å². The van der Waals surface area contributed by atoms with Gasteiger partial charge in [0, 0.05) is 13.7 Å². The molecule has 1 fully saturated rings. The summed E-state index contributed by atoms with van der Waals surface area (Å²) in [6, 6.07) is 3.99. The van der Waals surface area contributed by atoms with Crippen LogP contribution in [0.25, 0.3) is 0 Å². The Morgan fingerprint density at radius 3 is 3.00 bits per heavy atom. The molecular weight excluding hydrogens is 216 g/mol. The molecule has 1 atom stereocenters. The molecule has 96 valence electrons. The lowest BCUT2D eigenvalue weighted by Gasteiger charge is -2.31. The predicted octanol–water partition coefficient (Wildman–Crippen LogP) is 1.60. The molecule has 4 nitrogen and oxygen atoms in total. The van der Waals surface area contributed by atoms with E-state index in [9.17, 15) is 0 Å². The Kier molecular flexibility index (Phi) is 4.59. The van der Waals surface area contributed by atoms with Crippen LogP contribution < -0.4 is 5.73 Å². The first-order valence-corrected chi connectivity index (χ1v) is 6.30. The van der Waals surface area contributed by atoms with Gasteiger partial charge in [0.05, 0.1) is 19.7 Å². The Labute approximate surface area is 103 Å². The lowest BCUT2D eigenvalue weighted by Crippen LogP contribution is -2.36. The van der Waals surface area contributed by atoms with Crippen LogP contribution in [0, 0.1) is 5.92 Å². The highest BCUT2D eigenvalue weighted by molar-refractivity contribution is 5.06. The Bertz CT molecular complexity index is 336. The molecule has 2 N–H and O–H groups in total. The summed E-state index contributed by atoms with van der Waals surface area (Å²) in [5.74, 6) is 2.55. The van der Waals surface area contributed by atoms with E-state index in [1.165, 1.54) is 12.8 Å². The fourth-order valence-electron chi connectivity index (χ4n) is 2.50. The van der Waals surface area contributed by atoms with Crippen LogP contribution in [0.1, 0.15) is 24.4 Å². The number of hydrogen-bond donors (Lipinski definition) is 1. The fraction of sp³-hybridized carbons (Fsp3) is 0.692. The number of nitrogens with zero attached hydrogens (tertiary/aromatic N) is 1. The van der Waals surface area contributed by atoms with E-state index < -0.39 is 0 Å². The Morgan fingerprint density at radius 1 is 1.47 bits per heavy atom. The second kappa shape index (κ2) is 6.19. The minimum atomic E-state index is 0.478. The zero-order valence-corrected chi connectivity index (χ0v) is 10.5. The van der Waals surface area contributed by atoms with Crippen LogP contribution >= 0.6 is 0 Å². The standard InChI is InChI=1S/C13H22N2O2/c1-16-10-11-3-2-6-15(8-11)9-13-5-4-12(7-14)17-13/h4-5,11H,2-3,6-10,14H2,1H3. The zero-order valence-electron chi connectivity index (χ0n) is 10.5. The molecule has 1 unspecified atom stereocenters. The summed E-state index contributed by atoms with van der Waals surface area (Å²) in [5, 5.41) is 0. The van der Waals surface area contributed by atoms with Gasteiger partial charge in [-0.3, -0.25) is 4.90 Å². The van der Waals surface area contributed by atoms with Crippen molar-refractivity contribution in [2.75, 3.05) is 26.8 Å². The molecule has 4 heteroatoms. The molecule has 0 amide bonds. The van der Waals surface area contributed by atoms with E-state index in [1.807, 2.05) is 12.1 Å². The molecule has 0 aromatic carbocycles. The van der Waals surface area contributed by atoms with Crippen molar-refractivity contribution in [3.63, 3.8) is 0 Å². The molecule has 2 heterocycles. The normalized spacial score (nSPS) is 21.9. The molecule has 1 saturated heterocycles. The first-order chi connectivity index (χ1) is 8.31. The number of methoxy groups -OCH3 is 1. The molecule has 2 rings (SSSR count). The topological polar surface area (TPSA) is 51.6 Å². The Balaban J connectivity index is 1.85. The SMILES string of the molecule is COCC1CCCN(Cc2ccc(CN)o2)C1. The summed E-state index contributed by atoms with van der Waals surface area (Å²) in [6.45, 7) is 4.49. The van der Waals surface area contributed by atoms with Crippen molar-refractivity contribution in [3.8, 4) is 0 Å². The third-order valence-electron chi connectivity index (χ3n) is 3.30. The average Bonchev–Trinajstić information content (AvgIpc) is 2.78. The van der Waals surface area contributed by atoms with Crippen LogP contribution in [0.2, 0.25) is 0 Å². The third kappa shape index (κ3) is 3.56. The smallest absolute Gasteiger partial charge is 0.118 e. The summed E-state index contributed by atoms with van der Waals surface area (Å²) in [6.07, 6.45) is 2.52. The van der Waals surface area contributed by atoms with E-state index in [0.29, 0.717) is 12.5 Å². The number of piperidine rings is 1. The van der Waals surface area contributed by atoms with Gasteiger partial charge in [-0.05, 0) is 37.4 Å². The van der Waals surface area contributed by atoms with Gasteiger partial charge in [-0.2, -0.15) is 0 Å². The lowest BCUT2D eigenvalue weighted by atomic mass is 9.99. The van der Waals surface area contributed by atoms with Crippen molar-refractivity contribution in [1.29, 1.82) is 0 Å². The molecule has 0 spiro atoms. The molecule has 1 aliphatic heterocycles. The summed E-state index contributed by atoms with van der Waals surface area (Å²) in [5.41, 5.74) is 5.53. The van der Waals surface area contributed by atoms with Crippen LogP contribution in [0.15, 0.2) is 16.5 Å². The molecular formula is C13H22N2O2. The van der Waals surface area contributed by atoms with Gasteiger partial charge in [-0.1, -0.05) is 0 Å². The van der Waals surface area contributed by atoms with Gasteiger partial charge in [0.1, 0.15) is 11.5 Å². The van der Waals surface area contributed by atoms with Gasteiger partial charge < -0.3 is 14.9 Å². The van der Waals surface area contributed by atoms with Crippen LogP contribution in [-0.2, 0) is 17.8 Å². The second-order valence-corrected chi connectivity index (χ2v) is 4.77. The average molecular weight is 238 g/mol. The minimum Gasteiger partial charge on any atom is -0.463 e. The summed E-state index contributed by atoms with van der Waals surface area (Å²) in [4.78, 5) is 2.44. The lowest BCUT2D eigenvalue weighted by molar-refractivity contribution is 0.0838. The van der Waals surface area contributed by atoms with Crippen LogP contribution in [0.3, 0.4) is 0 Å². The number of likely N-dealkylation sites (tertiary alicyclic amines) is 1. The summed E-state index contributed by atoms with van der Waals surface area (Å²) in [7, 11) is 1.78. The van der Waals surface area contributed by atoms with E-state index in [4.69, 9.17) is 14.9 Å². The summed E-state index contributed by atoms with van der Waals surface area (Å²) < 4.78 is 10.9. The highest BCUT2D eigenvalue weighted by Crippen LogP contribution is 2.19. The first-order valence-electron chi connectivity index (χ1n) is 6.30. The highest BCUT2D eigenvalue weighted by atomic mass is 16.5. The molecule has 0 radical (unpaired) electrons. The quantitative estimate of drug-likeness (QED) is 0.846. The van der Waals surface area contributed by atoms with Crippen molar-refractivity contribution >= 4 is 0 Å². The second-order valence-electron chi connectivity index (χ2n) is 4.77. The van der Waals surface area contributed by atoms with Gasteiger partial charge in [-0.15, -0.1) is 0 Å². The van der Waals surface area contributed by atoms with Gasteiger partial charge >= 0.3 is 0 Å². The van der Waals surface area contributed by atoms with Crippen LogP contribution in [-0.4, -0.2) is 31.7 Å². The maximum atomic E-state index is 5.63. The largest absolute Gasteiger partial charge is 0.463 e. The Morgan fingerprint density at radius 2 is 2.29 bits per heavy atom. The molecule has 0 saturated carbocycles. The van der Waals surface area contributed by atoms with Crippen molar-refractivity contribution in [1.82, 2.24) is 4.90 Å². The number of ether oxygens (including phenoxy) is 1. The third-order valence-corrected chi connectivity index (χ3v) is 3.30. The Hall–Kier alpha value is -0.840. The van der Waals surface area contributed by atoms with Crippen molar-refractivity contribution in [2.24, 2.45) is 11.7 Å². The van der Waals surface area contributed by atoms with Gasteiger partial charge in [0.15, 0.2) is 0 Å². The maximum absolute atomic E-state index is 5.63. The van der Waals surface area contributed by atoms with Crippen molar-refractivity contribution < 1.29 is 9.15 Å². The van der Waals surface area contributed by atoms with Gasteiger partial charge in [-0.25, -0.2) is 0 Å². The molecule has 17 heavy (non-hydrogen) atoms. The minimum absolute atomic E-state index is 0.478. The number of furan rings is 1. The number of rotatable bonds is 5. The molecule has 0 bridgehead atoms. The van der Waals surface area contributed by atoms with Gasteiger partial charge in [0.25, 0.3) is 0 Å². The molecule has 1 aromatic rings.